The van der Waals surface area contributed by atoms with Crippen molar-refractivity contribution in [2.24, 2.45) is 11.3 Å². The second-order valence-corrected chi connectivity index (χ2v) is 7.22. The van der Waals surface area contributed by atoms with Crippen molar-refractivity contribution in [1.82, 2.24) is 10.3 Å². The third-order valence-electron chi connectivity index (χ3n) is 5.49. The highest BCUT2D eigenvalue weighted by molar-refractivity contribution is 6.06. The van der Waals surface area contributed by atoms with Crippen molar-refractivity contribution >= 4 is 23.2 Å². The molecule has 0 radical (unpaired) electrons. The summed E-state index contributed by atoms with van der Waals surface area (Å²) in [6.45, 7) is 1.85. The number of nitrogens with zero attached hydrogens (tertiary/aromatic N) is 1. The van der Waals surface area contributed by atoms with Crippen LogP contribution in [0.25, 0.3) is 0 Å². The van der Waals surface area contributed by atoms with Crippen LogP contribution in [0.1, 0.15) is 29.8 Å². The number of carbonyl (C=O) groups excluding carboxylic acids is 2. The van der Waals surface area contributed by atoms with Crippen LogP contribution in [0.4, 0.5) is 15.8 Å². The molecule has 1 saturated carbocycles. The number of halogens is 1. The molecule has 27 heavy (non-hydrogen) atoms. The maximum atomic E-state index is 13.7. The molecule has 1 aliphatic heterocycles. The second kappa shape index (κ2) is 7.08. The number of hydrogen-bond acceptors (Lipinski definition) is 4. The molecule has 1 aliphatic carbocycles. The number of benzene rings is 1. The first-order valence-corrected chi connectivity index (χ1v) is 9.11. The van der Waals surface area contributed by atoms with E-state index in [1.54, 1.807) is 18.2 Å². The Kier molecular flexibility index (Phi) is 4.61. The molecule has 2 amide bonds. The summed E-state index contributed by atoms with van der Waals surface area (Å²) in [4.78, 5) is 29.0. The van der Waals surface area contributed by atoms with Crippen LogP contribution in [-0.4, -0.2) is 29.9 Å². The second-order valence-electron chi connectivity index (χ2n) is 7.22. The molecule has 1 unspecified atom stereocenters. The zero-order chi connectivity index (χ0) is 18.9. The van der Waals surface area contributed by atoms with Crippen molar-refractivity contribution in [1.29, 1.82) is 0 Å². The number of aromatic nitrogens is 1. The lowest BCUT2D eigenvalue weighted by molar-refractivity contribution is -0.118. The van der Waals surface area contributed by atoms with Gasteiger partial charge in [0.15, 0.2) is 0 Å². The van der Waals surface area contributed by atoms with Crippen LogP contribution in [0.5, 0.6) is 0 Å². The Morgan fingerprint density at radius 2 is 1.93 bits per heavy atom. The zero-order valence-corrected chi connectivity index (χ0v) is 14.8. The highest BCUT2D eigenvalue weighted by Gasteiger charge is 2.57. The van der Waals surface area contributed by atoms with Gasteiger partial charge in [-0.2, -0.15) is 0 Å². The SMILES string of the molecule is O=C(Nc1ccc(F)cc1NC(=O)C1CC12CCNCC2)c1ccccn1. The molecule has 1 aromatic carbocycles. The molecule has 1 spiro atoms. The van der Waals surface area contributed by atoms with E-state index in [1.807, 2.05) is 0 Å². The summed E-state index contributed by atoms with van der Waals surface area (Å²) in [7, 11) is 0. The van der Waals surface area contributed by atoms with Crippen molar-refractivity contribution in [2.75, 3.05) is 23.7 Å². The van der Waals surface area contributed by atoms with E-state index in [0.717, 1.165) is 32.4 Å². The van der Waals surface area contributed by atoms with Crippen molar-refractivity contribution in [3.8, 4) is 0 Å². The third-order valence-corrected chi connectivity index (χ3v) is 5.49. The van der Waals surface area contributed by atoms with Crippen LogP contribution in [0.3, 0.4) is 0 Å². The van der Waals surface area contributed by atoms with E-state index in [-0.39, 0.29) is 28.6 Å². The van der Waals surface area contributed by atoms with E-state index in [9.17, 15) is 14.0 Å². The van der Waals surface area contributed by atoms with E-state index in [1.165, 1.54) is 24.4 Å². The number of amides is 2. The summed E-state index contributed by atoms with van der Waals surface area (Å²) in [5.74, 6) is -1.06. The maximum Gasteiger partial charge on any atom is 0.274 e. The van der Waals surface area contributed by atoms with Gasteiger partial charge in [0, 0.05) is 12.1 Å². The van der Waals surface area contributed by atoms with Crippen molar-refractivity contribution in [2.45, 2.75) is 19.3 Å². The van der Waals surface area contributed by atoms with Gasteiger partial charge in [0.1, 0.15) is 11.5 Å². The Labute approximate surface area is 156 Å². The molecule has 6 nitrogen and oxygen atoms in total. The zero-order valence-electron chi connectivity index (χ0n) is 14.8. The summed E-state index contributed by atoms with van der Waals surface area (Å²) in [5, 5.41) is 8.81. The fourth-order valence-corrected chi connectivity index (χ4v) is 3.83. The quantitative estimate of drug-likeness (QED) is 0.775. The summed E-state index contributed by atoms with van der Waals surface area (Å²) in [6.07, 6.45) is 4.36. The van der Waals surface area contributed by atoms with Crippen molar-refractivity contribution in [3.63, 3.8) is 0 Å². The number of anilines is 2. The van der Waals surface area contributed by atoms with Gasteiger partial charge in [-0.1, -0.05) is 6.07 Å². The van der Waals surface area contributed by atoms with Gasteiger partial charge in [-0.25, -0.2) is 4.39 Å². The van der Waals surface area contributed by atoms with Crippen LogP contribution in [0, 0.1) is 17.2 Å². The minimum Gasteiger partial charge on any atom is -0.324 e. The van der Waals surface area contributed by atoms with Crippen molar-refractivity contribution < 1.29 is 14.0 Å². The van der Waals surface area contributed by atoms with Gasteiger partial charge in [0.2, 0.25) is 5.91 Å². The van der Waals surface area contributed by atoms with Gasteiger partial charge in [-0.15, -0.1) is 0 Å². The molecule has 0 bridgehead atoms. The lowest BCUT2D eigenvalue weighted by Crippen LogP contribution is -2.31. The van der Waals surface area contributed by atoms with Gasteiger partial charge < -0.3 is 16.0 Å². The third kappa shape index (κ3) is 3.68. The topological polar surface area (TPSA) is 83.1 Å². The molecule has 3 N–H and O–H groups in total. The number of piperidine rings is 1. The largest absolute Gasteiger partial charge is 0.324 e. The van der Waals surface area contributed by atoms with Crippen LogP contribution in [0.2, 0.25) is 0 Å². The minimum absolute atomic E-state index is 0.0535. The Hall–Kier alpha value is -2.80. The van der Waals surface area contributed by atoms with E-state index in [2.05, 4.69) is 20.9 Å². The molecule has 1 atom stereocenters. The number of hydrogen-bond donors (Lipinski definition) is 3. The van der Waals surface area contributed by atoms with Gasteiger partial charge in [-0.05, 0) is 68.1 Å². The molecular weight excluding hydrogens is 347 g/mol. The molecule has 2 fully saturated rings. The Morgan fingerprint density at radius 1 is 1.11 bits per heavy atom. The van der Waals surface area contributed by atoms with Crippen LogP contribution in [-0.2, 0) is 4.79 Å². The van der Waals surface area contributed by atoms with Crippen LogP contribution in [0.15, 0.2) is 42.6 Å². The summed E-state index contributed by atoms with van der Waals surface area (Å²) in [5.41, 5.74) is 0.940. The number of nitrogens with one attached hydrogen (secondary N) is 3. The molecule has 4 rings (SSSR count). The predicted molar refractivity (Wildman–Crippen MR) is 99.9 cm³/mol. The minimum atomic E-state index is -0.478. The Bertz CT molecular complexity index is 866. The lowest BCUT2D eigenvalue weighted by Gasteiger charge is -2.23. The van der Waals surface area contributed by atoms with E-state index in [4.69, 9.17) is 0 Å². The Morgan fingerprint density at radius 3 is 2.67 bits per heavy atom. The molecule has 2 aromatic rings. The first kappa shape index (κ1) is 17.6. The lowest BCUT2D eigenvalue weighted by atomic mass is 9.92. The number of pyridine rings is 1. The smallest absolute Gasteiger partial charge is 0.274 e. The highest BCUT2D eigenvalue weighted by atomic mass is 19.1. The van der Waals surface area contributed by atoms with Crippen LogP contribution < -0.4 is 16.0 Å². The van der Waals surface area contributed by atoms with Crippen molar-refractivity contribution in [3.05, 3.63) is 54.1 Å². The van der Waals surface area contributed by atoms with Gasteiger partial charge >= 0.3 is 0 Å². The average molecular weight is 368 g/mol. The summed E-state index contributed by atoms with van der Waals surface area (Å²) in [6, 6.07) is 8.92. The van der Waals surface area contributed by atoms with Crippen LogP contribution >= 0.6 is 0 Å². The molecule has 2 aliphatic rings. The molecule has 1 saturated heterocycles. The molecule has 1 aromatic heterocycles. The monoisotopic (exact) mass is 368 g/mol. The Balaban J connectivity index is 1.48. The molecule has 140 valence electrons. The molecule has 2 heterocycles. The van der Waals surface area contributed by atoms with E-state index >= 15 is 0 Å². The first-order valence-electron chi connectivity index (χ1n) is 9.11. The average Bonchev–Trinajstić information content (AvgIpc) is 3.38. The summed E-state index contributed by atoms with van der Waals surface area (Å²) < 4.78 is 13.7. The van der Waals surface area contributed by atoms with Gasteiger partial charge in [0.25, 0.3) is 5.91 Å². The first-order chi connectivity index (χ1) is 13.1. The molecular formula is C20H21FN4O2. The maximum absolute atomic E-state index is 13.7. The molecule has 7 heteroatoms. The standard InChI is InChI=1S/C20H21FN4O2/c21-13-4-5-15(24-19(27)16-3-1-2-8-23-16)17(11-13)25-18(26)14-12-20(14)6-9-22-10-7-20/h1-5,8,11,14,22H,6-7,9-10,12H2,(H,24,27)(H,25,26). The summed E-state index contributed by atoms with van der Waals surface area (Å²) >= 11 is 0. The fraction of sp³-hybridized carbons (Fsp3) is 0.350. The fourth-order valence-electron chi connectivity index (χ4n) is 3.83. The van der Waals surface area contributed by atoms with Gasteiger partial charge in [0.05, 0.1) is 11.4 Å². The number of rotatable bonds is 4. The van der Waals surface area contributed by atoms with Gasteiger partial charge in [-0.3, -0.25) is 14.6 Å². The number of carbonyl (C=O) groups is 2. The predicted octanol–water partition coefficient (Wildman–Crippen LogP) is 2.80. The normalized spacial score (nSPS) is 20.1. The highest BCUT2D eigenvalue weighted by Crippen LogP contribution is 2.58. The van der Waals surface area contributed by atoms with E-state index < -0.39 is 11.7 Å². The van der Waals surface area contributed by atoms with E-state index in [0.29, 0.717) is 5.69 Å².